The van der Waals surface area contributed by atoms with Gasteiger partial charge in [-0.2, -0.15) is 0 Å². The number of hydrogen-bond donors (Lipinski definition) is 2. The first kappa shape index (κ1) is 11.5. The highest BCUT2D eigenvalue weighted by molar-refractivity contribution is 7.15. The van der Waals surface area contributed by atoms with E-state index in [0.29, 0.717) is 10.1 Å². The molecule has 0 aromatic carbocycles. The van der Waals surface area contributed by atoms with E-state index in [1.165, 1.54) is 39.9 Å². The number of nitrogen functional groups attached to an aromatic ring is 1. The van der Waals surface area contributed by atoms with E-state index in [-0.39, 0.29) is 6.54 Å². The van der Waals surface area contributed by atoms with Crippen LogP contribution < -0.4 is 22.4 Å². The lowest BCUT2D eigenvalue weighted by Crippen LogP contribution is -2.39. The predicted molar refractivity (Wildman–Crippen MR) is 62.8 cm³/mol. The zero-order chi connectivity index (χ0) is 12.4. The molecule has 9 heteroatoms. The van der Waals surface area contributed by atoms with E-state index in [0.717, 1.165) is 0 Å². The van der Waals surface area contributed by atoms with Gasteiger partial charge in [0.15, 0.2) is 0 Å². The second-order valence-corrected chi connectivity index (χ2v) is 4.35. The van der Waals surface area contributed by atoms with Crippen molar-refractivity contribution in [2.75, 3.05) is 5.43 Å². The van der Waals surface area contributed by atoms with Gasteiger partial charge in [0.1, 0.15) is 5.01 Å². The summed E-state index contributed by atoms with van der Waals surface area (Å²) in [6, 6.07) is 0. The third kappa shape index (κ3) is 2.24. The van der Waals surface area contributed by atoms with Crippen molar-refractivity contribution in [2.45, 2.75) is 6.54 Å². The van der Waals surface area contributed by atoms with Crippen molar-refractivity contribution in [2.24, 2.45) is 12.9 Å². The van der Waals surface area contributed by atoms with Gasteiger partial charge in [-0.25, -0.2) is 5.84 Å². The molecule has 17 heavy (non-hydrogen) atoms. The standard InChI is InChI=1S/C8H10N6O2S/c1-13-2-3-14(7(16)6(13)15)4-5-11-12-8(10-9)17-5/h2-3H,4,9H2,1H3,(H,10,12). The molecule has 0 amide bonds. The Bertz CT molecular complexity index is 642. The summed E-state index contributed by atoms with van der Waals surface area (Å²) in [5, 5.41) is 8.61. The van der Waals surface area contributed by atoms with Crippen molar-refractivity contribution >= 4 is 16.5 Å². The number of rotatable bonds is 3. The van der Waals surface area contributed by atoms with Gasteiger partial charge in [0.2, 0.25) is 5.13 Å². The Morgan fingerprint density at radius 3 is 2.76 bits per heavy atom. The molecule has 0 bridgehead atoms. The van der Waals surface area contributed by atoms with Crippen LogP contribution in [0.1, 0.15) is 5.01 Å². The van der Waals surface area contributed by atoms with Gasteiger partial charge in [0.25, 0.3) is 0 Å². The van der Waals surface area contributed by atoms with Crippen LogP contribution >= 0.6 is 11.3 Å². The Kier molecular flexibility index (Phi) is 3.02. The zero-order valence-electron chi connectivity index (χ0n) is 8.95. The lowest BCUT2D eigenvalue weighted by Gasteiger charge is -2.02. The third-order valence-corrected chi connectivity index (χ3v) is 2.97. The fraction of sp³-hybridized carbons (Fsp3) is 0.250. The van der Waals surface area contributed by atoms with Crippen LogP contribution in [0, 0.1) is 0 Å². The molecule has 0 radical (unpaired) electrons. The molecule has 2 rings (SSSR count). The van der Waals surface area contributed by atoms with Crippen molar-refractivity contribution in [3.63, 3.8) is 0 Å². The topological polar surface area (TPSA) is 108 Å². The van der Waals surface area contributed by atoms with E-state index in [2.05, 4.69) is 15.6 Å². The van der Waals surface area contributed by atoms with Crippen molar-refractivity contribution < 1.29 is 0 Å². The highest BCUT2D eigenvalue weighted by Crippen LogP contribution is 2.13. The fourth-order valence-electron chi connectivity index (χ4n) is 1.24. The molecule has 2 aromatic heterocycles. The maximum absolute atomic E-state index is 11.6. The average molecular weight is 254 g/mol. The summed E-state index contributed by atoms with van der Waals surface area (Å²) < 4.78 is 2.51. The highest BCUT2D eigenvalue weighted by Gasteiger charge is 2.07. The van der Waals surface area contributed by atoms with E-state index in [4.69, 9.17) is 5.84 Å². The number of nitrogens with one attached hydrogen (secondary N) is 1. The predicted octanol–water partition coefficient (Wildman–Crippen LogP) is -1.27. The second-order valence-electron chi connectivity index (χ2n) is 3.29. The summed E-state index contributed by atoms with van der Waals surface area (Å²) in [5.41, 5.74) is 1.19. The van der Waals surface area contributed by atoms with Crippen LogP contribution in [0.2, 0.25) is 0 Å². The maximum Gasteiger partial charge on any atom is 0.316 e. The molecule has 0 aliphatic heterocycles. The Hall–Kier alpha value is -2.00. The first-order valence-corrected chi connectivity index (χ1v) is 5.48. The first-order valence-electron chi connectivity index (χ1n) is 4.67. The lowest BCUT2D eigenvalue weighted by atomic mass is 10.5. The van der Waals surface area contributed by atoms with Gasteiger partial charge in [-0.15, -0.1) is 10.2 Å². The van der Waals surface area contributed by atoms with Crippen LogP contribution in [0.3, 0.4) is 0 Å². The third-order valence-electron chi connectivity index (χ3n) is 2.13. The molecule has 0 fully saturated rings. The van der Waals surface area contributed by atoms with E-state index in [9.17, 15) is 9.59 Å². The summed E-state index contributed by atoms with van der Waals surface area (Å²) in [7, 11) is 1.52. The van der Waals surface area contributed by atoms with Crippen LogP contribution in [0.5, 0.6) is 0 Å². The van der Waals surface area contributed by atoms with Gasteiger partial charge in [-0.1, -0.05) is 11.3 Å². The molecule has 0 unspecified atom stereocenters. The summed E-state index contributed by atoms with van der Waals surface area (Å²) >= 11 is 1.22. The van der Waals surface area contributed by atoms with Gasteiger partial charge in [0, 0.05) is 19.4 Å². The Balaban J connectivity index is 2.34. The number of hydrazine groups is 1. The summed E-state index contributed by atoms with van der Waals surface area (Å²) in [5.74, 6) is 5.17. The first-order chi connectivity index (χ1) is 8.11. The highest BCUT2D eigenvalue weighted by atomic mass is 32.1. The second kappa shape index (κ2) is 4.47. The molecule has 3 N–H and O–H groups in total. The minimum absolute atomic E-state index is 0.203. The Labute approximate surface area is 99.3 Å². The summed E-state index contributed by atoms with van der Waals surface area (Å²) in [6.07, 6.45) is 3.05. The number of nitrogens with zero attached hydrogens (tertiary/aromatic N) is 4. The normalized spacial score (nSPS) is 10.5. The van der Waals surface area contributed by atoms with Gasteiger partial charge in [-0.05, 0) is 0 Å². The number of aromatic nitrogens is 4. The molecule has 2 heterocycles. The number of nitrogens with two attached hydrogens (primary N) is 1. The molecule has 0 saturated carbocycles. The molecule has 90 valence electrons. The van der Waals surface area contributed by atoms with E-state index in [1.54, 1.807) is 0 Å². The molecule has 0 atom stereocenters. The number of hydrogen-bond acceptors (Lipinski definition) is 7. The number of aryl methyl sites for hydroxylation is 1. The van der Waals surface area contributed by atoms with E-state index in [1.807, 2.05) is 0 Å². The quantitative estimate of drug-likeness (QED) is 0.402. The minimum atomic E-state index is -0.590. The van der Waals surface area contributed by atoms with Crippen LogP contribution in [-0.4, -0.2) is 19.3 Å². The average Bonchev–Trinajstić information content (AvgIpc) is 2.78. The summed E-state index contributed by atoms with van der Waals surface area (Å²) in [6.45, 7) is 0.203. The Morgan fingerprint density at radius 2 is 2.12 bits per heavy atom. The van der Waals surface area contributed by atoms with Gasteiger partial charge < -0.3 is 9.13 Å². The van der Waals surface area contributed by atoms with Gasteiger partial charge in [-0.3, -0.25) is 15.0 Å². The Morgan fingerprint density at radius 1 is 1.35 bits per heavy atom. The van der Waals surface area contributed by atoms with Crippen molar-refractivity contribution in [1.82, 2.24) is 19.3 Å². The fourth-order valence-corrected chi connectivity index (χ4v) is 1.88. The zero-order valence-corrected chi connectivity index (χ0v) is 9.77. The smallest absolute Gasteiger partial charge is 0.312 e. The molecule has 0 aliphatic carbocycles. The summed E-state index contributed by atoms with van der Waals surface area (Å²) in [4.78, 5) is 23.0. The molecular formula is C8H10N6O2S. The molecule has 0 saturated heterocycles. The largest absolute Gasteiger partial charge is 0.316 e. The van der Waals surface area contributed by atoms with Gasteiger partial charge in [0.05, 0.1) is 6.54 Å². The molecule has 0 spiro atoms. The molecular weight excluding hydrogens is 244 g/mol. The lowest BCUT2D eigenvalue weighted by molar-refractivity contribution is 0.688. The van der Waals surface area contributed by atoms with Crippen LogP contribution in [0.15, 0.2) is 22.0 Å². The maximum atomic E-state index is 11.6. The SMILES string of the molecule is Cn1ccn(Cc2nnc(NN)s2)c(=O)c1=O. The monoisotopic (exact) mass is 254 g/mol. The van der Waals surface area contributed by atoms with Gasteiger partial charge >= 0.3 is 11.1 Å². The molecule has 2 aromatic rings. The van der Waals surface area contributed by atoms with E-state index < -0.39 is 11.1 Å². The van der Waals surface area contributed by atoms with Crippen LogP contribution in [-0.2, 0) is 13.6 Å². The molecule has 8 nitrogen and oxygen atoms in total. The van der Waals surface area contributed by atoms with Crippen molar-refractivity contribution in [3.8, 4) is 0 Å². The van der Waals surface area contributed by atoms with E-state index >= 15 is 0 Å². The minimum Gasteiger partial charge on any atom is -0.312 e. The molecule has 0 aliphatic rings. The van der Waals surface area contributed by atoms with Crippen molar-refractivity contribution in [1.29, 1.82) is 0 Å². The van der Waals surface area contributed by atoms with Crippen LogP contribution in [0.25, 0.3) is 0 Å². The number of anilines is 1. The van der Waals surface area contributed by atoms with Crippen molar-refractivity contribution in [3.05, 3.63) is 38.1 Å². The van der Waals surface area contributed by atoms with Crippen LogP contribution in [0.4, 0.5) is 5.13 Å².